The van der Waals surface area contributed by atoms with E-state index in [4.69, 9.17) is 18.9 Å². The average Bonchev–Trinajstić information content (AvgIpc) is 3.55. The van der Waals surface area contributed by atoms with Gasteiger partial charge in [0.1, 0.15) is 23.3 Å². The van der Waals surface area contributed by atoms with Crippen LogP contribution in [-0.4, -0.2) is 83.1 Å². The Balaban J connectivity index is 1.67. The van der Waals surface area contributed by atoms with Crippen LogP contribution in [0.5, 0.6) is 11.5 Å². The van der Waals surface area contributed by atoms with Crippen LogP contribution in [0.4, 0.5) is 17.6 Å². The van der Waals surface area contributed by atoms with Crippen molar-refractivity contribution in [3.05, 3.63) is 23.3 Å². The number of carbonyl (C=O) groups is 4. The van der Waals surface area contributed by atoms with E-state index in [0.29, 0.717) is 25.7 Å². The predicted octanol–water partition coefficient (Wildman–Crippen LogP) is 3.67. The molecule has 0 bridgehead atoms. The summed E-state index contributed by atoms with van der Waals surface area (Å²) in [6, 6.07) is -1.88. The lowest BCUT2D eigenvalue weighted by atomic mass is 10.1. The van der Waals surface area contributed by atoms with Crippen molar-refractivity contribution in [3.8, 4) is 11.5 Å². The van der Waals surface area contributed by atoms with Crippen LogP contribution in [0.1, 0.15) is 67.2 Å². The molecule has 0 aliphatic carbocycles. The van der Waals surface area contributed by atoms with Gasteiger partial charge in [-0.2, -0.15) is 17.6 Å². The average molecular weight is 605 g/mol. The molecule has 10 nitrogen and oxygen atoms in total. The molecule has 42 heavy (non-hydrogen) atoms. The number of halogens is 4. The smallest absolute Gasteiger partial charge is 0.329 e. The highest BCUT2D eigenvalue weighted by molar-refractivity contribution is 5.87. The first kappa shape index (κ1) is 32.9. The van der Waals surface area contributed by atoms with Gasteiger partial charge in [0, 0.05) is 13.1 Å². The molecule has 1 aromatic rings. The van der Waals surface area contributed by atoms with E-state index in [9.17, 15) is 36.7 Å². The molecular formula is C28H36F4N2O8. The zero-order valence-electron chi connectivity index (χ0n) is 24.5. The SMILES string of the molecule is CC(C)(C)OC(=O)C1CCCN1C(=O)COc1c(F)c(F)c(OCC(=O)N2CCCC2C(=O)OC(C)(C)C)c(F)c1F. The molecule has 3 rings (SSSR count). The second-order valence-corrected chi connectivity index (χ2v) is 12.0. The largest absolute Gasteiger partial charge is 0.477 e. The van der Waals surface area contributed by atoms with E-state index < -0.39 is 95.0 Å². The maximum Gasteiger partial charge on any atom is 0.329 e. The highest BCUT2D eigenvalue weighted by Crippen LogP contribution is 2.35. The molecule has 2 heterocycles. The minimum atomic E-state index is -1.98. The molecule has 2 amide bonds. The first-order chi connectivity index (χ1) is 19.4. The maximum absolute atomic E-state index is 14.7. The van der Waals surface area contributed by atoms with Gasteiger partial charge in [-0.05, 0) is 67.2 Å². The molecule has 0 radical (unpaired) electrons. The molecular weight excluding hydrogens is 568 g/mol. The molecule has 0 saturated carbocycles. The van der Waals surface area contributed by atoms with Crippen LogP contribution in [0.3, 0.4) is 0 Å². The van der Waals surface area contributed by atoms with E-state index in [1.54, 1.807) is 41.5 Å². The Morgan fingerprint density at radius 3 is 1.24 bits per heavy atom. The quantitative estimate of drug-likeness (QED) is 0.251. The molecule has 2 fully saturated rings. The Hall–Kier alpha value is -3.58. The van der Waals surface area contributed by atoms with E-state index in [0.717, 1.165) is 9.80 Å². The molecule has 2 aliphatic heterocycles. The number of amides is 2. The molecule has 2 atom stereocenters. The molecule has 2 aliphatic rings. The summed E-state index contributed by atoms with van der Waals surface area (Å²) in [5.41, 5.74) is -1.62. The minimum absolute atomic E-state index is 0.145. The molecule has 0 spiro atoms. The number of hydrogen-bond acceptors (Lipinski definition) is 8. The predicted molar refractivity (Wildman–Crippen MR) is 138 cm³/mol. The highest BCUT2D eigenvalue weighted by atomic mass is 19.2. The van der Waals surface area contributed by atoms with Gasteiger partial charge in [0.15, 0.2) is 24.7 Å². The monoisotopic (exact) mass is 604 g/mol. The second-order valence-electron chi connectivity index (χ2n) is 12.0. The third-order valence-corrected chi connectivity index (χ3v) is 6.37. The van der Waals surface area contributed by atoms with E-state index in [2.05, 4.69) is 0 Å². The van der Waals surface area contributed by atoms with Crippen LogP contribution in [-0.2, 0) is 28.7 Å². The van der Waals surface area contributed by atoms with E-state index in [1.165, 1.54) is 0 Å². The fourth-order valence-electron chi connectivity index (χ4n) is 4.64. The first-order valence-corrected chi connectivity index (χ1v) is 13.6. The van der Waals surface area contributed by atoms with Crippen molar-refractivity contribution in [2.75, 3.05) is 26.3 Å². The van der Waals surface area contributed by atoms with Gasteiger partial charge in [-0.25, -0.2) is 9.59 Å². The van der Waals surface area contributed by atoms with Crippen LogP contribution in [0.2, 0.25) is 0 Å². The molecule has 2 saturated heterocycles. The Bertz CT molecular complexity index is 1110. The Morgan fingerprint density at radius 2 is 0.952 bits per heavy atom. The van der Waals surface area contributed by atoms with Crippen molar-refractivity contribution < 1.29 is 55.7 Å². The van der Waals surface area contributed by atoms with E-state index in [1.807, 2.05) is 0 Å². The van der Waals surface area contributed by atoms with Crippen LogP contribution in [0.15, 0.2) is 0 Å². The lowest BCUT2D eigenvalue weighted by molar-refractivity contribution is -0.164. The summed E-state index contributed by atoms with van der Waals surface area (Å²) in [7, 11) is 0. The number of rotatable bonds is 8. The fourth-order valence-corrected chi connectivity index (χ4v) is 4.64. The fraction of sp³-hybridized carbons (Fsp3) is 0.643. The summed E-state index contributed by atoms with van der Waals surface area (Å²) in [5, 5.41) is 0. The van der Waals surface area contributed by atoms with E-state index >= 15 is 0 Å². The van der Waals surface area contributed by atoms with Crippen molar-refractivity contribution in [2.45, 2.75) is 90.5 Å². The van der Waals surface area contributed by atoms with Gasteiger partial charge < -0.3 is 28.7 Å². The summed E-state index contributed by atoms with van der Waals surface area (Å²) in [4.78, 5) is 52.5. The van der Waals surface area contributed by atoms with E-state index in [-0.39, 0.29) is 13.1 Å². The van der Waals surface area contributed by atoms with Crippen molar-refractivity contribution in [1.29, 1.82) is 0 Å². The third kappa shape index (κ3) is 7.82. The van der Waals surface area contributed by atoms with Crippen molar-refractivity contribution in [1.82, 2.24) is 9.80 Å². The van der Waals surface area contributed by atoms with Crippen molar-refractivity contribution in [2.24, 2.45) is 0 Å². The van der Waals surface area contributed by atoms with Crippen LogP contribution in [0, 0.1) is 23.3 Å². The summed E-state index contributed by atoms with van der Waals surface area (Å²) in [5.74, 6) is -14.0. The van der Waals surface area contributed by atoms with Gasteiger partial charge in [-0.1, -0.05) is 0 Å². The molecule has 1 aromatic carbocycles. The summed E-state index contributed by atoms with van der Waals surface area (Å²) >= 11 is 0. The molecule has 0 aromatic heterocycles. The van der Waals surface area contributed by atoms with Crippen LogP contribution in [0.25, 0.3) is 0 Å². The zero-order valence-corrected chi connectivity index (χ0v) is 24.5. The number of ether oxygens (including phenoxy) is 4. The summed E-state index contributed by atoms with van der Waals surface area (Å²) < 4.78 is 79.2. The van der Waals surface area contributed by atoms with Crippen LogP contribution >= 0.6 is 0 Å². The second kappa shape index (κ2) is 12.7. The van der Waals surface area contributed by atoms with Gasteiger partial charge in [0.2, 0.25) is 23.3 Å². The Morgan fingerprint density at radius 1 is 0.643 bits per heavy atom. The van der Waals surface area contributed by atoms with Crippen molar-refractivity contribution >= 4 is 23.8 Å². The lowest BCUT2D eigenvalue weighted by Crippen LogP contribution is -2.45. The molecule has 2 unspecified atom stereocenters. The third-order valence-electron chi connectivity index (χ3n) is 6.37. The summed E-state index contributed by atoms with van der Waals surface area (Å²) in [6.45, 7) is 8.16. The topological polar surface area (TPSA) is 112 Å². The van der Waals surface area contributed by atoms with Crippen LogP contribution < -0.4 is 9.47 Å². The van der Waals surface area contributed by atoms with Gasteiger partial charge >= 0.3 is 11.9 Å². The Labute approximate surface area is 241 Å². The number of hydrogen-bond donors (Lipinski definition) is 0. The number of esters is 2. The lowest BCUT2D eigenvalue weighted by Gasteiger charge is -2.27. The molecule has 0 N–H and O–H groups in total. The normalized spacial score (nSPS) is 19.1. The first-order valence-electron chi connectivity index (χ1n) is 13.6. The molecule has 234 valence electrons. The van der Waals surface area contributed by atoms with Gasteiger partial charge in [0.05, 0.1) is 0 Å². The molecule has 14 heteroatoms. The zero-order chi connectivity index (χ0) is 31.6. The number of benzene rings is 1. The Kier molecular flexibility index (Phi) is 9.99. The van der Waals surface area contributed by atoms with Gasteiger partial charge in [0.25, 0.3) is 11.8 Å². The minimum Gasteiger partial charge on any atom is -0.477 e. The standard InChI is InChI=1S/C28H36F4N2O8/c1-27(2,3)41-25(37)15-9-7-11-33(15)17(35)13-39-23-19(29)21(31)24(22(32)20(23)30)40-14-18(36)34-12-8-10-16(34)26(38)42-28(4,5)6/h15-16H,7-14H2,1-6H3. The number of likely N-dealkylation sites (tertiary alicyclic amines) is 2. The maximum atomic E-state index is 14.7. The highest BCUT2D eigenvalue weighted by Gasteiger charge is 2.39. The van der Waals surface area contributed by atoms with Gasteiger partial charge in [-0.15, -0.1) is 0 Å². The van der Waals surface area contributed by atoms with Gasteiger partial charge in [-0.3, -0.25) is 9.59 Å². The number of carbonyl (C=O) groups excluding carboxylic acids is 4. The summed E-state index contributed by atoms with van der Waals surface area (Å²) in [6.07, 6.45) is 1.52. The number of nitrogens with zero attached hydrogens (tertiary/aromatic N) is 2. The van der Waals surface area contributed by atoms with Crippen molar-refractivity contribution in [3.63, 3.8) is 0 Å².